The Labute approximate surface area is 124 Å². The summed E-state index contributed by atoms with van der Waals surface area (Å²) in [6, 6.07) is 0.461. The maximum atomic E-state index is 12.3. The van der Waals surface area contributed by atoms with Crippen LogP contribution in [0.25, 0.3) is 0 Å². The standard InChI is InChI=1S/C16H33N3O/c1-6-19-10-7-8-14(9-11-19)17-15(12-13(2)3)16(20)18(4)5/h13-15,17H,6-12H2,1-5H3. The highest BCUT2D eigenvalue weighted by Gasteiger charge is 2.25. The van der Waals surface area contributed by atoms with E-state index in [1.165, 1.54) is 19.4 Å². The summed E-state index contributed by atoms with van der Waals surface area (Å²) in [6.07, 6.45) is 4.50. The Morgan fingerprint density at radius 1 is 1.30 bits per heavy atom. The average Bonchev–Trinajstić information content (AvgIpc) is 2.61. The first-order valence-corrected chi connectivity index (χ1v) is 8.13. The van der Waals surface area contributed by atoms with E-state index in [1.54, 1.807) is 4.90 Å². The summed E-state index contributed by atoms with van der Waals surface area (Å²) in [6.45, 7) is 10.1. The number of rotatable bonds is 6. The number of likely N-dealkylation sites (tertiary alicyclic amines) is 1. The summed E-state index contributed by atoms with van der Waals surface area (Å²) < 4.78 is 0. The fourth-order valence-electron chi connectivity index (χ4n) is 2.95. The fraction of sp³-hybridized carbons (Fsp3) is 0.938. The van der Waals surface area contributed by atoms with Crippen LogP contribution >= 0.6 is 0 Å². The quantitative estimate of drug-likeness (QED) is 0.809. The summed E-state index contributed by atoms with van der Waals surface area (Å²) in [5.74, 6) is 0.754. The highest BCUT2D eigenvalue weighted by Crippen LogP contribution is 2.14. The van der Waals surface area contributed by atoms with Gasteiger partial charge in [0.05, 0.1) is 6.04 Å². The minimum Gasteiger partial charge on any atom is -0.347 e. The number of hydrogen-bond donors (Lipinski definition) is 1. The SMILES string of the molecule is CCN1CCCC(NC(CC(C)C)C(=O)N(C)C)CC1. The van der Waals surface area contributed by atoms with Crippen LogP contribution in [0.15, 0.2) is 0 Å². The third-order valence-electron chi connectivity index (χ3n) is 4.15. The van der Waals surface area contributed by atoms with E-state index in [-0.39, 0.29) is 11.9 Å². The first-order valence-electron chi connectivity index (χ1n) is 8.13. The molecule has 0 radical (unpaired) electrons. The van der Waals surface area contributed by atoms with E-state index >= 15 is 0 Å². The van der Waals surface area contributed by atoms with Crippen LogP contribution in [0, 0.1) is 5.92 Å². The Hall–Kier alpha value is -0.610. The molecule has 4 nitrogen and oxygen atoms in total. The molecule has 0 saturated carbocycles. The lowest BCUT2D eigenvalue weighted by Crippen LogP contribution is -2.48. The van der Waals surface area contributed by atoms with Crippen LogP contribution < -0.4 is 5.32 Å². The summed E-state index contributed by atoms with van der Waals surface area (Å²) in [5, 5.41) is 3.64. The summed E-state index contributed by atoms with van der Waals surface area (Å²) >= 11 is 0. The molecule has 1 fully saturated rings. The van der Waals surface area contributed by atoms with Crippen molar-refractivity contribution in [3.05, 3.63) is 0 Å². The van der Waals surface area contributed by atoms with E-state index in [9.17, 15) is 4.79 Å². The van der Waals surface area contributed by atoms with Crippen molar-refractivity contribution >= 4 is 5.91 Å². The van der Waals surface area contributed by atoms with Crippen LogP contribution in [-0.4, -0.2) is 61.5 Å². The van der Waals surface area contributed by atoms with Gasteiger partial charge in [0, 0.05) is 20.1 Å². The Kier molecular flexibility index (Phi) is 7.52. The van der Waals surface area contributed by atoms with Gasteiger partial charge in [-0.1, -0.05) is 20.8 Å². The Morgan fingerprint density at radius 2 is 2.00 bits per heavy atom. The molecule has 0 aromatic rings. The smallest absolute Gasteiger partial charge is 0.239 e. The zero-order chi connectivity index (χ0) is 15.1. The van der Waals surface area contributed by atoms with Crippen LogP contribution in [0.2, 0.25) is 0 Å². The predicted octanol–water partition coefficient (Wildman–Crippen LogP) is 1.95. The van der Waals surface area contributed by atoms with Crippen molar-refractivity contribution in [2.75, 3.05) is 33.7 Å². The maximum absolute atomic E-state index is 12.3. The van der Waals surface area contributed by atoms with Gasteiger partial charge in [0.1, 0.15) is 0 Å². The van der Waals surface area contributed by atoms with Crippen LogP contribution in [0.3, 0.4) is 0 Å². The van der Waals surface area contributed by atoms with Crippen molar-refractivity contribution in [1.82, 2.24) is 15.1 Å². The largest absolute Gasteiger partial charge is 0.347 e. The van der Waals surface area contributed by atoms with Gasteiger partial charge in [-0.15, -0.1) is 0 Å². The van der Waals surface area contributed by atoms with E-state index in [1.807, 2.05) is 14.1 Å². The molecule has 2 unspecified atom stereocenters. The van der Waals surface area contributed by atoms with Crippen LogP contribution in [0.4, 0.5) is 0 Å². The molecule has 118 valence electrons. The second kappa shape index (κ2) is 8.63. The summed E-state index contributed by atoms with van der Waals surface area (Å²) in [4.78, 5) is 16.5. The number of nitrogens with zero attached hydrogens (tertiary/aromatic N) is 2. The molecule has 1 amide bonds. The van der Waals surface area contributed by atoms with Gasteiger partial charge in [-0.05, 0) is 51.2 Å². The van der Waals surface area contributed by atoms with Gasteiger partial charge in [-0.3, -0.25) is 4.79 Å². The molecule has 1 aliphatic heterocycles. The van der Waals surface area contributed by atoms with E-state index in [0.717, 1.165) is 25.9 Å². The van der Waals surface area contributed by atoms with Gasteiger partial charge >= 0.3 is 0 Å². The van der Waals surface area contributed by atoms with Crippen molar-refractivity contribution in [2.24, 2.45) is 5.92 Å². The minimum absolute atomic E-state index is 0.0248. The van der Waals surface area contributed by atoms with Crippen LogP contribution in [0.1, 0.15) is 46.5 Å². The topological polar surface area (TPSA) is 35.6 Å². The lowest BCUT2D eigenvalue weighted by atomic mass is 10.00. The molecule has 20 heavy (non-hydrogen) atoms. The fourth-order valence-corrected chi connectivity index (χ4v) is 2.95. The molecule has 1 saturated heterocycles. The normalized spacial score (nSPS) is 22.6. The molecular weight excluding hydrogens is 250 g/mol. The lowest BCUT2D eigenvalue weighted by molar-refractivity contribution is -0.131. The Balaban J connectivity index is 2.57. The van der Waals surface area contributed by atoms with E-state index in [0.29, 0.717) is 12.0 Å². The first kappa shape index (κ1) is 17.4. The van der Waals surface area contributed by atoms with Crippen molar-refractivity contribution in [2.45, 2.75) is 58.5 Å². The predicted molar refractivity (Wildman–Crippen MR) is 84.8 cm³/mol. The number of carbonyl (C=O) groups is 1. The highest BCUT2D eigenvalue weighted by atomic mass is 16.2. The molecule has 1 heterocycles. The van der Waals surface area contributed by atoms with Crippen molar-refractivity contribution in [1.29, 1.82) is 0 Å². The zero-order valence-electron chi connectivity index (χ0n) is 14.0. The van der Waals surface area contributed by atoms with Crippen molar-refractivity contribution < 1.29 is 4.79 Å². The average molecular weight is 283 g/mol. The molecular formula is C16H33N3O. The molecule has 0 bridgehead atoms. The van der Waals surface area contributed by atoms with Gasteiger partial charge < -0.3 is 15.1 Å². The van der Waals surface area contributed by atoms with E-state index in [4.69, 9.17) is 0 Å². The Morgan fingerprint density at radius 3 is 2.55 bits per heavy atom. The maximum Gasteiger partial charge on any atom is 0.239 e. The third-order valence-corrected chi connectivity index (χ3v) is 4.15. The summed E-state index contributed by atoms with van der Waals surface area (Å²) in [7, 11) is 3.70. The van der Waals surface area contributed by atoms with Gasteiger partial charge in [0.25, 0.3) is 0 Å². The molecule has 1 aliphatic rings. The first-order chi connectivity index (χ1) is 9.43. The number of hydrogen-bond acceptors (Lipinski definition) is 3. The van der Waals surface area contributed by atoms with Crippen molar-refractivity contribution in [3.8, 4) is 0 Å². The lowest BCUT2D eigenvalue weighted by Gasteiger charge is -2.27. The van der Waals surface area contributed by atoms with E-state index in [2.05, 4.69) is 31.0 Å². The molecule has 4 heteroatoms. The second-order valence-corrected chi connectivity index (χ2v) is 6.64. The number of likely N-dealkylation sites (N-methyl/N-ethyl adjacent to an activating group) is 1. The van der Waals surface area contributed by atoms with Gasteiger partial charge in [-0.2, -0.15) is 0 Å². The molecule has 2 atom stereocenters. The molecule has 0 aromatic heterocycles. The zero-order valence-corrected chi connectivity index (χ0v) is 14.0. The molecule has 0 aromatic carbocycles. The molecule has 1 N–H and O–H groups in total. The Bertz CT molecular complexity index is 291. The van der Waals surface area contributed by atoms with E-state index < -0.39 is 0 Å². The minimum atomic E-state index is -0.0248. The molecule has 0 aliphatic carbocycles. The number of amides is 1. The summed E-state index contributed by atoms with van der Waals surface area (Å²) in [5.41, 5.74) is 0. The van der Waals surface area contributed by atoms with Gasteiger partial charge in [0.2, 0.25) is 5.91 Å². The van der Waals surface area contributed by atoms with Crippen molar-refractivity contribution in [3.63, 3.8) is 0 Å². The second-order valence-electron chi connectivity index (χ2n) is 6.64. The van der Waals surface area contributed by atoms with Gasteiger partial charge in [-0.25, -0.2) is 0 Å². The van der Waals surface area contributed by atoms with Crippen LogP contribution in [0.5, 0.6) is 0 Å². The molecule has 0 spiro atoms. The number of carbonyl (C=O) groups excluding carboxylic acids is 1. The number of nitrogens with one attached hydrogen (secondary N) is 1. The molecule has 1 rings (SSSR count). The van der Waals surface area contributed by atoms with Crippen LogP contribution in [-0.2, 0) is 4.79 Å². The van der Waals surface area contributed by atoms with Gasteiger partial charge in [0.15, 0.2) is 0 Å². The monoisotopic (exact) mass is 283 g/mol. The highest BCUT2D eigenvalue weighted by molar-refractivity contribution is 5.81. The third kappa shape index (κ3) is 5.80.